The minimum absolute atomic E-state index is 0.0274. The number of aromatic hydroxyl groups is 1. The maximum atomic E-state index is 15.3. The van der Waals surface area contributed by atoms with Gasteiger partial charge in [0, 0.05) is 30.1 Å². The number of phenols is 1. The van der Waals surface area contributed by atoms with Gasteiger partial charge in [0.1, 0.15) is 29.3 Å². The van der Waals surface area contributed by atoms with Gasteiger partial charge in [0.15, 0.2) is 5.75 Å². The number of unbranched alkanes of at least 4 members (excludes halogenated alkanes) is 9. The average molecular weight is 1190 g/mol. The van der Waals surface area contributed by atoms with Crippen LogP contribution in [0.4, 0.5) is 38.9 Å². The molecule has 0 saturated carbocycles. The van der Waals surface area contributed by atoms with Gasteiger partial charge in [-0.25, -0.2) is 21.6 Å². The van der Waals surface area contributed by atoms with Gasteiger partial charge in [-0.05, 0) is 113 Å². The molecule has 1 fully saturated rings. The summed E-state index contributed by atoms with van der Waals surface area (Å²) < 4.78 is 72.8. The van der Waals surface area contributed by atoms with E-state index in [0.29, 0.717) is 40.4 Å². The number of esters is 1. The molecule has 1 aliphatic heterocycles. The van der Waals surface area contributed by atoms with Crippen LogP contribution in [0, 0.1) is 17.8 Å². The fourth-order valence-electron chi connectivity index (χ4n) is 9.63. The Morgan fingerprint density at radius 3 is 1.99 bits per heavy atom. The maximum Gasteiger partial charge on any atom is 0.350 e. The molecule has 450 valence electrons. The van der Waals surface area contributed by atoms with Gasteiger partial charge in [-0.1, -0.05) is 119 Å². The molecule has 6 aromatic carbocycles. The highest BCUT2D eigenvalue weighted by molar-refractivity contribution is 7.92. The number of hydrogen-bond donors (Lipinski definition) is 5. The smallest absolute Gasteiger partial charge is 0.350 e. The van der Waals surface area contributed by atoms with Crippen LogP contribution in [-0.4, -0.2) is 90.1 Å². The molecule has 4 amide bonds. The van der Waals surface area contributed by atoms with Crippen molar-refractivity contribution in [2.24, 2.45) is 10.8 Å². The molecule has 84 heavy (non-hydrogen) atoms. The number of benzene rings is 6. The second-order valence-corrected chi connectivity index (χ2v) is 26.3. The van der Waals surface area contributed by atoms with Crippen LogP contribution >= 0.6 is 0 Å². The predicted molar refractivity (Wildman–Crippen MR) is 332 cm³/mol. The topological polar surface area (TPSA) is 242 Å². The van der Waals surface area contributed by atoms with Crippen molar-refractivity contribution in [3.8, 4) is 23.0 Å². The summed E-state index contributed by atoms with van der Waals surface area (Å²) in [6.45, 7) is 10.9. The van der Waals surface area contributed by atoms with Crippen LogP contribution in [0.15, 0.2) is 115 Å². The van der Waals surface area contributed by atoms with Gasteiger partial charge in [0.2, 0.25) is 20.0 Å². The van der Waals surface area contributed by atoms with Crippen LogP contribution in [0.1, 0.15) is 120 Å². The number of sulfonamides is 2. The highest BCUT2D eigenvalue weighted by Gasteiger charge is 2.53. The van der Waals surface area contributed by atoms with Crippen molar-refractivity contribution in [3.05, 3.63) is 132 Å². The van der Waals surface area contributed by atoms with E-state index >= 15 is 4.79 Å². The standard InChI is InChI=1S/C63H79N7O12S2/c1-10-11-12-13-14-15-16-17-18-24-35-80-54-33-29-43(2)36-52(54)65-58(72)50-39-56(48-27-22-23-28-49(48)57(50)71)82-55-34-32-45(64-40-44-30-31-46(66-83(8,76)77)37-51(44)67-84(9,78)79)38-53(55)68(7)61(75)70-59(73)63(6,42-81-60(74)62(3,4)5)41-69(70)47-25-20-19-21-26-47/h19-23,25-34,36-39,64,66-67,71H,10-18,24,35,40-42H2,1-9H3,(H,65,72). The lowest BCUT2D eigenvalue weighted by molar-refractivity contribution is -0.157. The number of phenolic OH excluding ortho intramolecular Hbond substituents is 1. The van der Waals surface area contributed by atoms with Crippen LogP contribution in [0.5, 0.6) is 23.0 Å². The van der Waals surface area contributed by atoms with Gasteiger partial charge in [0.25, 0.3) is 11.8 Å². The number of para-hydroxylation sites is 1. The van der Waals surface area contributed by atoms with Gasteiger partial charge in [-0.3, -0.25) is 33.7 Å². The number of fused-ring (bicyclic) bond motifs is 1. The van der Waals surface area contributed by atoms with Crippen molar-refractivity contribution in [2.75, 3.05) is 69.3 Å². The number of aryl methyl sites for hydroxylation is 1. The first-order valence-corrected chi connectivity index (χ1v) is 32.1. The number of nitrogens with zero attached hydrogens (tertiary/aromatic N) is 3. The maximum absolute atomic E-state index is 15.3. The Labute approximate surface area is 494 Å². The summed E-state index contributed by atoms with van der Waals surface area (Å²) in [4.78, 5) is 58.9. The van der Waals surface area contributed by atoms with Crippen molar-refractivity contribution in [1.29, 1.82) is 0 Å². The zero-order chi connectivity index (χ0) is 61.0. The van der Waals surface area contributed by atoms with Crippen molar-refractivity contribution in [2.45, 2.75) is 112 Å². The number of rotatable bonds is 27. The van der Waals surface area contributed by atoms with Crippen LogP contribution in [0.3, 0.4) is 0 Å². The summed E-state index contributed by atoms with van der Waals surface area (Å²) in [6, 6.07) is 30.9. The summed E-state index contributed by atoms with van der Waals surface area (Å²) in [5.41, 5.74) is 0.509. The van der Waals surface area contributed by atoms with Gasteiger partial charge in [-0.15, -0.1) is 0 Å². The van der Waals surface area contributed by atoms with E-state index in [9.17, 15) is 36.3 Å². The third kappa shape index (κ3) is 16.8. The van der Waals surface area contributed by atoms with E-state index in [-0.39, 0.29) is 65.0 Å². The lowest BCUT2D eigenvalue weighted by atomic mass is 9.91. The number of ether oxygens (including phenoxy) is 3. The summed E-state index contributed by atoms with van der Waals surface area (Å²) in [7, 11) is -6.11. The summed E-state index contributed by atoms with van der Waals surface area (Å²) >= 11 is 0. The molecule has 0 bridgehead atoms. The third-order valence-corrected chi connectivity index (χ3v) is 15.4. The first-order valence-electron chi connectivity index (χ1n) is 28.3. The lowest BCUT2D eigenvalue weighted by Crippen LogP contribution is -2.50. The van der Waals surface area contributed by atoms with E-state index in [1.165, 1.54) is 80.1 Å². The molecular formula is C63H79N7O12S2. The van der Waals surface area contributed by atoms with Crippen molar-refractivity contribution < 1.29 is 55.3 Å². The molecule has 21 heteroatoms. The SMILES string of the molecule is CCCCCCCCCCCCOc1ccc(C)cc1NC(=O)c1cc(Oc2ccc(NCc3ccc(NS(C)(=O)=O)cc3NS(C)(=O)=O)cc2N(C)C(=O)N2C(=O)C(C)(COC(=O)C(C)(C)C)CN2c2ccccc2)c2ccccc2c1O. The number of hydrazine groups is 1. The van der Waals surface area contributed by atoms with Gasteiger partial charge in [-0.2, -0.15) is 5.01 Å². The van der Waals surface area contributed by atoms with Crippen LogP contribution in [0.25, 0.3) is 10.8 Å². The largest absolute Gasteiger partial charge is 0.506 e. The number of imide groups is 1. The number of hydrogen-bond acceptors (Lipinski definition) is 14. The number of nitrogens with one attached hydrogen (secondary N) is 4. The predicted octanol–water partition coefficient (Wildman–Crippen LogP) is 13.0. The number of carbonyl (C=O) groups excluding carboxylic acids is 4. The summed E-state index contributed by atoms with van der Waals surface area (Å²) in [5.74, 6) is -1.48. The molecule has 7 rings (SSSR count). The van der Waals surface area contributed by atoms with Crippen molar-refractivity contribution >= 4 is 88.8 Å². The fraction of sp³-hybridized carbons (Fsp3) is 0.397. The van der Waals surface area contributed by atoms with E-state index in [1.54, 1.807) is 113 Å². The Morgan fingerprint density at radius 2 is 1.33 bits per heavy atom. The molecule has 1 saturated heterocycles. The van der Waals surface area contributed by atoms with E-state index < -0.39 is 54.7 Å². The number of amides is 4. The molecule has 1 heterocycles. The third-order valence-electron chi connectivity index (χ3n) is 14.2. The second-order valence-electron chi connectivity index (χ2n) is 22.8. The Morgan fingerprint density at radius 1 is 0.714 bits per heavy atom. The van der Waals surface area contributed by atoms with Gasteiger partial charge < -0.3 is 30.0 Å². The highest BCUT2D eigenvalue weighted by atomic mass is 32.2. The Hall–Kier alpha value is -8.04. The Bertz CT molecular complexity index is 3580. The van der Waals surface area contributed by atoms with Gasteiger partial charge >= 0.3 is 12.0 Å². The van der Waals surface area contributed by atoms with Crippen molar-refractivity contribution in [1.82, 2.24) is 5.01 Å². The second kappa shape index (κ2) is 27.6. The van der Waals surface area contributed by atoms with Gasteiger partial charge in [0.05, 0.1) is 65.1 Å². The monoisotopic (exact) mass is 1190 g/mol. The molecule has 6 aromatic rings. The quantitative estimate of drug-likeness (QED) is 0.0238. The van der Waals surface area contributed by atoms with E-state index in [2.05, 4.69) is 27.0 Å². The number of anilines is 6. The molecule has 1 aliphatic rings. The molecule has 1 unspecified atom stereocenters. The molecule has 0 aliphatic carbocycles. The first-order chi connectivity index (χ1) is 39.7. The first kappa shape index (κ1) is 63.5. The van der Waals surface area contributed by atoms with E-state index in [0.717, 1.165) is 42.3 Å². The molecule has 0 radical (unpaired) electrons. The molecule has 0 spiro atoms. The Balaban J connectivity index is 1.23. The lowest BCUT2D eigenvalue weighted by Gasteiger charge is -2.32. The normalized spacial score (nSPS) is 14.5. The molecule has 19 nitrogen and oxygen atoms in total. The molecule has 5 N–H and O–H groups in total. The molecule has 0 aromatic heterocycles. The van der Waals surface area contributed by atoms with E-state index in [4.69, 9.17) is 14.2 Å². The summed E-state index contributed by atoms with van der Waals surface area (Å²) in [6.07, 6.45) is 13.7. The van der Waals surface area contributed by atoms with Crippen LogP contribution in [-0.2, 0) is 40.9 Å². The highest BCUT2D eigenvalue weighted by Crippen LogP contribution is 2.44. The minimum atomic E-state index is -3.85. The minimum Gasteiger partial charge on any atom is -0.506 e. The van der Waals surface area contributed by atoms with Crippen molar-refractivity contribution in [3.63, 3.8) is 0 Å². The number of urea groups is 1. The average Bonchev–Trinajstić information content (AvgIpc) is 1.96. The Kier molecular flexibility index (Phi) is 20.9. The summed E-state index contributed by atoms with van der Waals surface area (Å²) in [5, 5.41) is 21.3. The van der Waals surface area contributed by atoms with Crippen LogP contribution in [0.2, 0.25) is 0 Å². The van der Waals surface area contributed by atoms with E-state index in [1.807, 2.05) is 19.1 Å². The number of carbonyl (C=O) groups is 4. The molecular weight excluding hydrogens is 1110 g/mol. The van der Waals surface area contributed by atoms with Crippen LogP contribution < -0.4 is 39.5 Å². The molecule has 1 atom stereocenters. The fourth-order valence-corrected chi connectivity index (χ4v) is 10.8. The zero-order valence-electron chi connectivity index (χ0n) is 49.5. The zero-order valence-corrected chi connectivity index (χ0v) is 51.1.